The number of nitrogens with zero attached hydrogens (tertiary/aromatic N) is 2. The number of hydrogen-bond acceptors (Lipinski definition) is 4. The molecule has 3 saturated heterocycles. The Labute approximate surface area is 154 Å². The largest absolute Gasteiger partial charge is 0.493 e. The molecule has 1 aromatic rings. The Morgan fingerprint density at radius 1 is 1.08 bits per heavy atom. The van der Waals surface area contributed by atoms with Crippen LogP contribution < -0.4 is 14.4 Å². The predicted octanol–water partition coefficient (Wildman–Crippen LogP) is 3.13. The number of anilines is 1. The Bertz CT molecular complexity index is 824. The SMILES string of the molecule is COc1cc2c(cc1OC)N1C(=O)CC34CCCN5CC[C@H]2[C@H](CC3)[C@@]514. The second-order valence-corrected chi connectivity index (χ2v) is 8.81. The predicted molar refractivity (Wildman–Crippen MR) is 97.7 cm³/mol. The highest BCUT2D eigenvalue weighted by molar-refractivity contribution is 6.01. The summed E-state index contributed by atoms with van der Waals surface area (Å²) in [5, 5.41) is 0. The van der Waals surface area contributed by atoms with Crippen molar-refractivity contribution < 1.29 is 14.3 Å². The third-order valence-electron chi connectivity index (χ3n) is 8.25. The highest BCUT2D eigenvalue weighted by Crippen LogP contribution is 2.72. The molecule has 6 rings (SSSR count). The lowest BCUT2D eigenvalue weighted by atomic mass is 9.61. The molecule has 0 aromatic heterocycles. The van der Waals surface area contributed by atoms with Gasteiger partial charge in [0.1, 0.15) is 5.66 Å². The highest BCUT2D eigenvalue weighted by Gasteiger charge is 2.76. The van der Waals surface area contributed by atoms with Crippen LogP contribution in [0.1, 0.15) is 50.0 Å². The molecule has 4 atom stereocenters. The Morgan fingerprint density at radius 3 is 2.69 bits per heavy atom. The number of carbonyl (C=O) groups excluding carboxylic acids is 1. The van der Waals surface area contributed by atoms with E-state index in [0.717, 1.165) is 36.7 Å². The zero-order chi connectivity index (χ0) is 17.7. The van der Waals surface area contributed by atoms with Gasteiger partial charge >= 0.3 is 0 Å². The standard InChI is InChI=1S/C21H26N2O3/c1-25-17-10-14-13-5-9-22-8-3-6-20-7-4-15(13)21(20,22)23(19(24)12-20)16(14)11-18(17)26-2/h10-11,13,15H,3-9,12H2,1-2H3/t13-,15+,20?,21-/m1/s1. The number of carbonyl (C=O) groups is 1. The number of fused-ring (bicyclic) bond motifs is 3. The van der Waals surface area contributed by atoms with Crippen LogP contribution in [0.2, 0.25) is 0 Å². The van der Waals surface area contributed by atoms with Gasteiger partial charge in [0.15, 0.2) is 11.5 Å². The summed E-state index contributed by atoms with van der Waals surface area (Å²) in [5.41, 5.74) is 2.48. The smallest absolute Gasteiger partial charge is 0.229 e. The molecule has 4 aliphatic heterocycles. The van der Waals surface area contributed by atoms with Gasteiger partial charge in [-0.2, -0.15) is 0 Å². The molecule has 4 fully saturated rings. The maximum atomic E-state index is 13.4. The minimum Gasteiger partial charge on any atom is -0.493 e. The molecule has 1 aliphatic carbocycles. The van der Waals surface area contributed by atoms with E-state index >= 15 is 0 Å². The third-order valence-corrected chi connectivity index (χ3v) is 8.25. The van der Waals surface area contributed by atoms with E-state index in [4.69, 9.17) is 9.47 Å². The number of rotatable bonds is 2. The Hall–Kier alpha value is -1.75. The lowest BCUT2D eigenvalue weighted by Crippen LogP contribution is -2.73. The van der Waals surface area contributed by atoms with Crippen LogP contribution in [0.5, 0.6) is 11.5 Å². The van der Waals surface area contributed by atoms with E-state index < -0.39 is 0 Å². The summed E-state index contributed by atoms with van der Waals surface area (Å²) in [4.78, 5) is 18.3. The molecule has 5 nitrogen and oxygen atoms in total. The molecule has 5 heteroatoms. The quantitative estimate of drug-likeness (QED) is 0.818. The average Bonchev–Trinajstić information content (AvgIpc) is 3.12. The van der Waals surface area contributed by atoms with Crippen molar-refractivity contribution in [2.75, 3.05) is 32.2 Å². The van der Waals surface area contributed by atoms with Crippen LogP contribution in [0.15, 0.2) is 12.1 Å². The molecule has 1 amide bonds. The maximum absolute atomic E-state index is 13.4. The van der Waals surface area contributed by atoms with Crippen molar-refractivity contribution in [2.45, 2.75) is 50.1 Å². The third kappa shape index (κ3) is 1.42. The van der Waals surface area contributed by atoms with Gasteiger partial charge in [-0.25, -0.2) is 0 Å². The summed E-state index contributed by atoms with van der Waals surface area (Å²) in [6.07, 6.45) is 6.80. The summed E-state index contributed by atoms with van der Waals surface area (Å²) in [6, 6.07) is 4.21. The van der Waals surface area contributed by atoms with Crippen LogP contribution in [-0.4, -0.2) is 43.8 Å². The Morgan fingerprint density at radius 2 is 1.88 bits per heavy atom. The minimum absolute atomic E-state index is 0.0716. The van der Waals surface area contributed by atoms with Crippen molar-refractivity contribution in [3.05, 3.63) is 17.7 Å². The van der Waals surface area contributed by atoms with E-state index in [2.05, 4.69) is 21.9 Å². The van der Waals surface area contributed by atoms with Crippen molar-refractivity contribution in [3.63, 3.8) is 0 Å². The topological polar surface area (TPSA) is 42.0 Å². The average molecular weight is 354 g/mol. The van der Waals surface area contributed by atoms with Gasteiger partial charge in [-0.05, 0) is 49.7 Å². The van der Waals surface area contributed by atoms with Crippen LogP contribution in [0.25, 0.3) is 0 Å². The summed E-state index contributed by atoms with van der Waals surface area (Å²) in [5.74, 6) is 2.92. The van der Waals surface area contributed by atoms with E-state index in [9.17, 15) is 4.79 Å². The van der Waals surface area contributed by atoms with Gasteiger partial charge in [-0.15, -0.1) is 0 Å². The Kier molecular flexibility index (Phi) is 2.80. The van der Waals surface area contributed by atoms with Gasteiger partial charge in [0.05, 0.1) is 19.9 Å². The number of ether oxygens (including phenoxy) is 2. The number of benzene rings is 1. The van der Waals surface area contributed by atoms with E-state index in [0.29, 0.717) is 17.7 Å². The molecule has 5 aliphatic rings. The molecule has 1 unspecified atom stereocenters. The second kappa shape index (κ2) is 4.75. The highest BCUT2D eigenvalue weighted by atomic mass is 16.5. The fraction of sp³-hybridized carbons (Fsp3) is 0.667. The van der Waals surface area contributed by atoms with Gasteiger partial charge in [0.2, 0.25) is 5.91 Å². The number of hydrogen-bond donors (Lipinski definition) is 0. The molecule has 138 valence electrons. The first-order chi connectivity index (χ1) is 12.7. The lowest BCUT2D eigenvalue weighted by Gasteiger charge is -2.64. The van der Waals surface area contributed by atoms with Crippen LogP contribution in [0, 0.1) is 11.3 Å². The molecule has 1 spiro atoms. The maximum Gasteiger partial charge on any atom is 0.229 e. The van der Waals surface area contributed by atoms with Crippen LogP contribution in [-0.2, 0) is 4.79 Å². The molecule has 1 aromatic carbocycles. The second-order valence-electron chi connectivity index (χ2n) is 8.81. The number of amides is 1. The number of methoxy groups -OCH3 is 2. The van der Waals surface area contributed by atoms with Crippen molar-refractivity contribution in [1.29, 1.82) is 0 Å². The minimum atomic E-state index is -0.0716. The van der Waals surface area contributed by atoms with E-state index in [-0.39, 0.29) is 11.1 Å². The zero-order valence-corrected chi connectivity index (χ0v) is 15.6. The first-order valence-electron chi connectivity index (χ1n) is 10.0. The zero-order valence-electron chi connectivity index (χ0n) is 15.6. The van der Waals surface area contributed by atoms with Crippen LogP contribution in [0.4, 0.5) is 5.69 Å². The summed E-state index contributed by atoms with van der Waals surface area (Å²) < 4.78 is 11.2. The molecular formula is C21H26N2O3. The van der Waals surface area contributed by atoms with Gasteiger partial charge in [0, 0.05) is 36.9 Å². The van der Waals surface area contributed by atoms with E-state index in [1.54, 1.807) is 14.2 Å². The fourth-order valence-corrected chi connectivity index (χ4v) is 7.60. The first kappa shape index (κ1) is 15.3. The number of piperidine rings is 2. The molecule has 1 saturated carbocycles. The molecule has 2 bridgehead atoms. The fourth-order valence-electron chi connectivity index (χ4n) is 7.60. The summed E-state index contributed by atoms with van der Waals surface area (Å²) >= 11 is 0. The Balaban J connectivity index is 1.66. The van der Waals surface area contributed by atoms with Crippen molar-refractivity contribution in [1.82, 2.24) is 4.90 Å². The molecule has 4 heterocycles. The molecular weight excluding hydrogens is 328 g/mol. The molecule has 0 N–H and O–H groups in total. The lowest BCUT2D eigenvalue weighted by molar-refractivity contribution is -0.119. The van der Waals surface area contributed by atoms with E-state index in [1.807, 2.05) is 0 Å². The van der Waals surface area contributed by atoms with E-state index in [1.165, 1.54) is 37.7 Å². The molecule has 0 radical (unpaired) electrons. The summed E-state index contributed by atoms with van der Waals surface area (Å²) in [6.45, 7) is 2.25. The molecule has 26 heavy (non-hydrogen) atoms. The van der Waals surface area contributed by atoms with Gasteiger partial charge in [-0.3, -0.25) is 14.6 Å². The van der Waals surface area contributed by atoms with Crippen molar-refractivity contribution >= 4 is 11.6 Å². The van der Waals surface area contributed by atoms with Gasteiger partial charge < -0.3 is 9.47 Å². The van der Waals surface area contributed by atoms with Crippen LogP contribution >= 0.6 is 0 Å². The normalized spacial score (nSPS) is 39.6. The van der Waals surface area contributed by atoms with Gasteiger partial charge in [0.25, 0.3) is 0 Å². The van der Waals surface area contributed by atoms with Crippen LogP contribution in [0.3, 0.4) is 0 Å². The summed E-state index contributed by atoms with van der Waals surface area (Å²) in [7, 11) is 3.37. The van der Waals surface area contributed by atoms with Gasteiger partial charge in [-0.1, -0.05) is 0 Å². The monoisotopic (exact) mass is 354 g/mol. The van der Waals surface area contributed by atoms with Crippen molar-refractivity contribution in [3.8, 4) is 11.5 Å². The first-order valence-corrected chi connectivity index (χ1v) is 10.0. The van der Waals surface area contributed by atoms with Crippen molar-refractivity contribution in [2.24, 2.45) is 11.3 Å².